The number of aryl methyl sites for hydroxylation is 1. The first-order chi connectivity index (χ1) is 9.95. The molecule has 1 heterocycles. The number of nitrogens with two attached hydrogens (primary N) is 1. The van der Waals surface area contributed by atoms with E-state index >= 15 is 0 Å². The molecular formula is C16H15F3N2. The zero-order valence-corrected chi connectivity index (χ0v) is 11.3. The second-order valence-electron chi connectivity index (χ2n) is 5.19. The molecule has 5 heteroatoms. The lowest BCUT2D eigenvalue weighted by atomic mass is 10.00. The van der Waals surface area contributed by atoms with Crippen LogP contribution in [0.4, 0.5) is 30.2 Å². The first-order valence-electron chi connectivity index (χ1n) is 6.78. The summed E-state index contributed by atoms with van der Waals surface area (Å²) < 4.78 is 38.6. The van der Waals surface area contributed by atoms with Gasteiger partial charge in [0, 0.05) is 23.6 Å². The molecular weight excluding hydrogens is 277 g/mol. The average molecular weight is 292 g/mol. The third kappa shape index (κ3) is 2.68. The molecule has 0 amide bonds. The van der Waals surface area contributed by atoms with E-state index in [4.69, 9.17) is 5.73 Å². The topological polar surface area (TPSA) is 29.3 Å². The minimum Gasteiger partial charge on any atom is -0.399 e. The monoisotopic (exact) mass is 292 g/mol. The van der Waals surface area contributed by atoms with Gasteiger partial charge in [-0.2, -0.15) is 13.2 Å². The molecule has 0 bridgehead atoms. The van der Waals surface area contributed by atoms with E-state index in [0.29, 0.717) is 17.9 Å². The molecule has 0 aliphatic carbocycles. The fraction of sp³-hybridized carbons (Fsp3) is 0.250. The summed E-state index contributed by atoms with van der Waals surface area (Å²) in [6.45, 7) is 0.692. The molecule has 0 unspecified atom stereocenters. The largest absolute Gasteiger partial charge is 0.416 e. The molecule has 0 radical (unpaired) electrons. The second kappa shape index (κ2) is 4.98. The molecule has 0 fully saturated rings. The maximum atomic E-state index is 12.9. The van der Waals surface area contributed by atoms with Gasteiger partial charge in [-0.25, -0.2) is 0 Å². The van der Waals surface area contributed by atoms with Crippen LogP contribution in [0.3, 0.4) is 0 Å². The highest BCUT2D eigenvalue weighted by Crippen LogP contribution is 2.37. The number of halogens is 3. The second-order valence-corrected chi connectivity index (χ2v) is 5.19. The van der Waals surface area contributed by atoms with Crippen LogP contribution in [0.5, 0.6) is 0 Å². The molecule has 2 aromatic rings. The zero-order chi connectivity index (χ0) is 15.0. The van der Waals surface area contributed by atoms with E-state index < -0.39 is 11.7 Å². The number of nitrogen functional groups attached to an aromatic ring is 1. The first kappa shape index (κ1) is 13.8. The van der Waals surface area contributed by atoms with Gasteiger partial charge in [-0.15, -0.1) is 0 Å². The van der Waals surface area contributed by atoms with Crippen LogP contribution in [0.15, 0.2) is 42.5 Å². The zero-order valence-electron chi connectivity index (χ0n) is 11.3. The number of rotatable bonds is 1. The highest BCUT2D eigenvalue weighted by atomic mass is 19.4. The summed E-state index contributed by atoms with van der Waals surface area (Å²) in [5, 5.41) is 0. The molecule has 0 atom stereocenters. The minimum absolute atomic E-state index is 0.552. The van der Waals surface area contributed by atoms with Gasteiger partial charge < -0.3 is 10.6 Å². The Balaban J connectivity index is 2.05. The Labute approximate surface area is 121 Å². The van der Waals surface area contributed by atoms with Crippen LogP contribution in [-0.2, 0) is 12.6 Å². The third-order valence-electron chi connectivity index (χ3n) is 3.71. The summed E-state index contributed by atoms with van der Waals surface area (Å²) in [5.74, 6) is 0. The Morgan fingerprint density at radius 3 is 2.62 bits per heavy atom. The van der Waals surface area contributed by atoms with Gasteiger partial charge in [0.1, 0.15) is 0 Å². The minimum atomic E-state index is -4.33. The quantitative estimate of drug-likeness (QED) is 0.791. The van der Waals surface area contributed by atoms with Gasteiger partial charge in [0.15, 0.2) is 0 Å². The number of hydrogen-bond donors (Lipinski definition) is 1. The maximum absolute atomic E-state index is 12.9. The van der Waals surface area contributed by atoms with E-state index in [9.17, 15) is 13.2 Å². The van der Waals surface area contributed by atoms with Crippen LogP contribution in [0.25, 0.3) is 0 Å². The van der Waals surface area contributed by atoms with Crippen molar-refractivity contribution >= 4 is 17.1 Å². The van der Waals surface area contributed by atoms with Gasteiger partial charge in [0.05, 0.1) is 5.56 Å². The maximum Gasteiger partial charge on any atom is 0.416 e. The number of anilines is 3. The first-order valence-corrected chi connectivity index (χ1v) is 6.78. The summed E-state index contributed by atoms with van der Waals surface area (Å²) in [6, 6.07) is 11.0. The number of nitrogens with zero attached hydrogens (tertiary/aromatic N) is 1. The Bertz CT molecular complexity index is 665. The number of fused-ring (bicyclic) bond motifs is 1. The van der Waals surface area contributed by atoms with Crippen molar-refractivity contribution in [1.29, 1.82) is 0 Å². The Kier molecular flexibility index (Phi) is 3.27. The van der Waals surface area contributed by atoms with E-state index in [1.54, 1.807) is 6.07 Å². The molecule has 0 aromatic heterocycles. The van der Waals surface area contributed by atoms with Crippen molar-refractivity contribution in [1.82, 2.24) is 0 Å². The number of benzene rings is 2. The van der Waals surface area contributed by atoms with Gasteiger partial charge in [-0.05, 0) is 48.7 Å². The summed E-state index contributed by atoms with van der Waals surface area (Å²) in [5.41, 5.74) is 8.38. The van der Waals surface area contributed by atoms with Crippen molar-refractivity contribution in [2.45, 2.75) is 19.0 Å². The van der Waals surface area contributed by atoms with Crippen LogP contribution in [0, 0.1) is 0 Å². The molecule has 0 spiro atoms. The van der Waals surface area contributed by atoms with Gasteiger partial charge in [-0.1, -0.05) is 12.1 Å². The predicted molar refractivity (Wildman–Crippen MR) is 77.6 cm³/mol. The van der Waals surface area contributed by atoms with Crippen molar-refractivity contribution in [2.75, 3.05) is 17.2 Å². The third-order valence-corrected chi connectivity index (χ3v) is 3.71. The molecule has 21 heavy (non-hydrogen) atoms. The van der Waals surface area contributed by atoms with Gasteiger partial charge >= 0.3 is 6.18 Å². The molecule has 0 saturated heterocycles. The Hall–Kier alpha value is -2.17. The van der Waals surface area contributed by atoms with Crippen molar-refractivity contribution in [3.8, 4) is 0 Å². The molecule has 1 aliphatic rings. The van der Waals surface area contributed by atoms with Crippen LogP contribution >= 0.6 is 0 Å². The Morgan fingerprint density at radius 2 is 1.86 bits per heavy atom. The lowest BCUT2D eigenvalue weighted by Gasteiger charge is -2.32. The van der Waals surface area contributed by atoms with Crippen molar-refractivity contribution in [2.24, 2.45) is 0 Å². The van der Waals surface area contributed by atoms with Crippen molar-refractivity contribution < 1.29 is 13.2 Å². The molecule has 2 nitrogen and oxygen atoms in total. The summed E-state index contributed by atoms with van der Waals surface area (Å²) in [6.07, 6.45) is -2.50. The number of hydrogen-bond acceptors (Lipinski definition) is 2. The van der Waals surface area contributed by atoms with Crippen molar-refractivity contribution in [3.05, 3.63) is 53.6 Å². The lowest BCUT2D eigenvalue weighted by molar-refractivity contribution is -0.137. The van der Waals surface area contributed by atoms with E-state index in [0.717, 1.165) is 30.2 Å². The van der Waals surface area contributed by atoms with Crippen molar-refractivity contribution in [3.63, 3.8) is 0 Å². The van der Waals surface area contributed by atoms with E-state index in [1.165, 1.54) is 12.1 Å². The highest BCUT2D eigenvalue weighted by Gasteiger charge is 2.31. The molecule has 110 valence electrons. The fourth-order valence-corrected chi connectivity index (χ4v) is 2.71. The van der Waals surface area contributed by atoms with Gasteiger partial charge in [0.2, 0.25) is 0 Å². The van der Waals surface area contributed by atoms with Gasteiger partial charge in [0.25, 0.3) is 0 Å². The SMILES string of the molecule is Nc1ccc2c(c1)N(c1cccc(C(F)(F)F)c1)CCC2. The van der Waals surface area contributed by atoms with Crippen LogP contribution < -0.4 is 10.6 Å². The molecule has 2 N–H and O–H groups in total. The molecule has 3 rings (SSSR count). The van der Waals surface area contributed by atoms with Gasteiger partial charge in [-0.3, -0.25) is 0 Å². The predicted octanol–water partition coefficient (Wildman–Crippen LogP) is 4.37. The molecule has 1 aliphatic heterocycles. The summed E-state index contributed by atoms with van der Waals surface area (Å²) in [4.78, 5) is 1.91. The molecule has 0 saturated carbocycles. The number of alkyl halides is 3. The van der Waals surface area contributed by atoms with E-state index in [2.05, 4.69) is 0 Å². The summed E-state index contributed by atoms with van der Waals surface area (Å²) >= 11 is 0. The summed E-state index contributed by atoms with van der Waals surface area (Å²) in [7, 11) is 0. The standard InChI is InChI=1S/C16H15F3N2/c17-16(18,19)12-4-1-5-14(9-12)21-8-2-3-11-6-7-13(20)10-15(11)21/h1,4-7,9-10H,2-3,8,20H2. The average Bonchev–Trinajstić information content (AvgIpc) is 2.46. The lowest BCUT2D eigenvalue weighted by Crippen LogP contribution is -2.25. The van der Waals surface area contributed by atoms with Crippen LogP contribution in [-0.4, -0.2) is 6.54 Å². The molecule has 2 aromatic carbocycles. The normalized spacial score (nSPS) is 14.9. The fourth-order valence-electron chi connectivity index (χ4n) is 2.71. The highest BCUT2D eigenvalue weighted by molar-refractivity contribution is 5.71. The van der Waals surface area contributed by atoms with E-state index in [-0.39, 0.29) is 0 Å². The smallest absolute Gasteiger partial charge is 0.399 e. The Morgan fingerprint density at radius 1 is 1.05 bits per heavy atom. The van der Waals surface area contributed by atoms with E-state index in [1.807, 2.05) is 23.1 Å². The van der Waals surface area contributed by atoms with Crippen LogP contribution in [0.2, 0.25) is 0 Å². The van der Waals surface area contributed by atoms with Crippen LogP contribution in [0.1, 0.15) is 17.5 Å².